The van der Waals surface area contributed by atoms with Gasteiger partial charge in [-0.3, -0.25) is 9.88 Å². The zero-order valence-electron chi connectivity index (χ0n) is 15.2. The first kappa shape index (κ1) is 18.8. The van der Waals surface area contributed by atoms with Crippen LogP contribution in [-0.2, 0) is 0 Å². The van der Waals surface area contributed by atoms with E-state index in [1.165, 1.54) is 24.3 Å². The molecule has 0 aliphatic carbocycles. The quantitative estimate of drug-likeness (QED) is 0.601. The second-order valence-corrected chi connectivity index (χ2v) is 6.62. The Morgan fingerprint density at radius 2 is 1.86 bits per heavy atom. The number of hydrogen-bond donors (Lipinski definition) is 0. The third-order valence-electron chi connectivity index (χ3n) is 4.73. The molecule has 0 spiro atoms. The zero-order valence-corrected chi connectivity index (χ0v) is 15.2. The summed E-state index contributed by atoms with van der Waals surface area (Å²) in [5, 5.41) is 9.23. The summed E-state index contributed by atoms with van der Waals surface area (Å²) in [6.45, 7) is 0.738. The molecule has 1 fully saturated rings. The number of nitriles is 1. The van der Waals surface area contributed by atoms with Crippen molar-refractivity contribution >= 4 is 0 Å². The summed E-state index contributed by atoms with van der Waals surface area (Å²) in [6, 6.07) is 9.19. The van der Waals surface area contributed by atoms with Gasteiger partial charge in [-0.05, 0) is 49.2 Å². The molecule has 1 aromatic carbocycles. The Bertz CT molecular complexity index is 1040. The Hall–Kier alpha value is -3.54. The maximum absolute atomic E-state index is 12.3. The lowest BCUT2D eigenvalue weighted by atomic mass is 10.1. The van der Waals surface area contributed by atoms with Crippen LogP contribution < -0.4 is 4.74 Å². The van der Waals surface area contributed by atoms with Crippen LogP contribution in [0, 0.1) is 11.5 Å². The van der Waals surface area contributed by atoms with Crippen molar-refractivity contribution in [1.82, 2.24) is 19.4 Å². The first-order chi connectivity index (χ1) is 13.9. The summed E-state index contributed by atoms with van der Waals surface area (Å²) in [5.74, 6) is -0.283. The highest BCUT2D eigenvalue weighted by molar-refractivity contribution is 5.68. The van der Waals surface area contributed by atoms with Gasteiger partial charge in [0.1, 0.15) is 11.9 Å². The van der Waals surface area contributed by atoms with Crippen molar-refractivity contribution in [1.29, 1.82) is 5.26 Å². The Balaban J connectivity index is 1.56. The molecule has 3 aromatic rings. The van der Waals surface area contributed by atoms with E-state index >= 15 is 0 Å². The molecule has 3 heterocycles. The number of alkyl halides is 3. The molecular formula is C20H16F3N5O. The fraction of sp³-hybridized carbons (Fsp3) is 0.250. The molecular weight excluding hydrogens is 383 g/mol. The number of imidazole rings is 1. The number of hydrogen-bond acceptors (Lipinski definition) is 5. The van der Waals surface area contributed by atoms with Gasteiger partial charge in [0.25, 0.3) is 0 Å². The summed E-state index contributed by atoms with van der Waals surface area (Å²) in [5.41, 5.74) is 2.82. The Morgan fingerprint density at radius 3 is 2.59 bits per heavy atom. The van der Waals surface area contributed by atoms with Crippen molar-refractivity contribution in [2.75, 3.05) is 6.54 Å². The molecule has 0 N–H and O–H groups in total. The average molecular weight is 399 g/mol. The van der Waals surface area contributed by atoms with Crippen LogP contribution in [-0.4, -0.2) is 32.3 Å². The third kappa shape index (κ3) is 4.16. The van der Waals surface area contributed by atoms with E-state index in [4.69, 9.17) is 0 Å². The molecule has 1 unspecified atom stereocenters. The predicted octanol–water partition coefficient (Wildman–Crippen LogP) is 4.59. The lowest BCUT2D eigenvalue weighted by Crippen LogP contribution is -2.21. The monoisotopic (exact) mass is 399 g/mol. The van der Waals surface area contributed by atoms with Crippen molar-refractivity contribution in [2.24, 2.45) is 0 Å². The van der Waals surface area contributed by atoms with E-state index in [9.17, 15) is 18.4 Å². The minimum absolute atomic E-state index is 0.0243. The van der Waals surface area contributed by atoms with E-state index in [0.29, 0.717) is 11.3 Å². The van der Waals surface area contributed by atoms with Crippen LogP contribution >= 0.6 is 0 Å². The highest BCUT2D eigenvalue weighted by Crippen LogP contribution is 2.30. The number of likely N-dealkylation sites (tertiary alicyclic amines) is 1. The van der Waals surface area contributed by atoms with E-state index in [-0.39, 0.29) is 11.9 Å². The maximum Gasteiger partial charge on any atom is 0.573 e. The summed E-state index contributed by atoms with van der Waals surface area (Å²) < 4.78 is 42.7. The standard InChI is InChI=1S/C20H16F3N5O/c21-20(22,23)29-16-5-3-14(4-6-16)17-10-15(7-8-25-17)18-11-28(13-26-18)19-2-1-9-27(19)12-24/h3-8,10-11,13,19H,1-2,9H2. The second kappa shape index (κ2) is 7.47. The molecule has 4 rings (SSSR count). The predicted molar refractivity (Wildman–Crippen MR) is 98.2 cm³/mol. The summed E-state index contributed by atoms with van der Waals surface area (Å²) in [7, 11) is 0. The molecule has 1 aliphatic heterocycles. The molecule has 1 atom stereocenters. The Kier molecular flexibility index (Phi) is 4.84. The van der Waals surface area contributed by atoms with Crippen LogP contribution in [0.15, 0.2) is 55.1 Å². The smallest absolute Gasteiger partial charge is 0.406 e. The molecule has 6 nitrogen and oxygen atoms in total. The van der Waals surface area contributed by atoms with E-state index in [2.05, 4.69) is 20.9 Å². The maximum atomic E-state index is 12.3. The zero-order chi connectivity index (χ0) is 20.4. The largest absolute Gasteiger partial charge is 0.573 e. The van der Waals surface area contributed by atoms with Crippen LogP contribution in [0.2, 0.25) is 0 Å². The molecule has 0 bridgehead atoms. The molecule has 9 heteroatoms. The second-order valence-electron chi connectivity index (χ2n) is 6.62. The Morgan fingerprint density at radius 1 is 1.07 bits per heavy atom. The highest BCUT2D eigenvalue weighted by Gasteiger charge is 2.31. The van der Waals surface area contributed by atoms with E-state index in [1.54, 1.807) is 17.4 Å². The molecule has 1 aliphatic rings. The lowest BCUT2D eigenvalue weighted by Gasteiger charge is -2.19. The molecule has 0 radical (unpaired) electrons. The van der Waals surface area contributed by atoms with Gasteiger partial charge in [-0.15, -0.1) is 13.2 Å². The summed E-state index contributed by atoms with van der Waals surface area (Å²) >= 11 is 0. The van der Waals surface area contributed by atoms with Crippen molar-refractivity contribution in [3.8, 4) is 34.5 Å². The van der Waals surface area contributed by atoms with Gasteiger partial charge in [-0.2, -0.15) is 5.26 Å². The highest BCUT2D eigenvalue weighted by atomic mass is 19.4. The fourth-order valence-corrected chi connectivity index (χ4v) is 3.40. The van der Waals surface area contributed by atoms with Crippen molar-refractivity contribution in [3.63, 3.8) is 0 Å². The van der Waals surface area contributed by atoms with Gasteiger partial charge in [0.15, 0.2) is 6.19 Å². The van der Waals surface area contributed by atoms with Gasteiger partial charge >= 0.3 is 6.36 Å². The van der Waals surface area contributed by atoms with Crippen LogP contribution in [0.25, 0.3) is 22.5 Å². The molecule has 1 saturated heterocycles. The van der Waals surface area contributed by atoms with E-state index < -0.39 is 6.36 Å². The first-order valence-corrected chi connectivity index (χ1v) is 8.95. The molecule has 0 amide bonds. The van der Waals surface area contributed by atoms with Gasteiger partial charge < -0.3 is 9.30 Å². The van der Waals surface area contributed by atoms with Gasteiger partial charge in [-0.1, -0.05) is 0 Å². The van der Waals surface area contributed by atoms with Crippen molar-refractivity contribution in [3.05, 3.63) is 55.1 Å². The van der Waals surface area contributed by atoms with Crippen LogP contribution in [0.1, 0.15) is 19.0 Å². The molecule has 29 heavy (non-hydrogen) atoms. The number of ether oxygens (including phenoxy) is 1. The fourth-order valence-electron chi connectivity index (χ4n) is 3.40. The minimum Gasteiger partial charge on any atom is -0.406 e. The van der Waals surface area contributed by atoms with Gasteiger partial charge in [0, 0.05) is 30.1 Å². The van der Waals surface area contributed by atoms with Gasteiger partial charge in [0.05, 0.1) is 17.7 Å². The first-order valence-electron chi connectivity index (χ1n) is 8.95. The van der Waals surface area contributed by atoms with Gasteiger partial charge in [-0.25, -0.2) is 4.98 Å². The number of nitrogens with zero attached hydrogens (tertiary/aromatic N) is 5. The number of pyridine rings is 1. The average Bonchev–Trinajstić information content (AvgIpc) is 3.36. The number of aromatic nitrogens is 3. The van der Waals surface area contributed by atoms with Crippen LogP contribution in [0.5, 0.6) is 5.75 Å². The number of benzene rings is 1. The number of rotatable bonds is 4. The SMILES string of the molecule is N#CN1CCCC1n1cnc(-c2ccnc(-c3ccc(OC(F)(F)F)cc3)c2)c1. The van der Waals surface area contributed by atoms with Crippen molar-refractivity contribution in [2.45, 2.75) is 25.4 Å². The molecule has 2 aromatic heterocycles. The number of halogens is 3. The molecule has 0 saturated carbocycles. The van der Waals surface area contributed by atoms with Crippen LogP contribution in [0.3, 0.4) is 0 Å². The van der Waals surface area contributed by atoms with Gasteiger partial charge in [0.2, 0.25) is 0 Å². The lowest BCUT2D eigenvalue weighted by molar-refractivity contribution is -0.274. The topological polar surface area (TPSA) is 67.0 Å². The normalized spacial score (nSPS) is 16.6. The van der Waals surface area contributed by atoms with E-state index in [0.717, 1.165) is 30.6 Å². The Labute approximate surface area is 164 Å². The summed E-state index contributed by atoms with van der Waals surface area (Å²) in [4.78, 5) is 10.5. The van der Waals surface area contributed by atoms with Crippen LogP contribution in [0.4, 0.5) is 13.2 Å². The van der Waals surface area contributed by atoms with Crippen molar-refractivity contribution < 1.29 is 17.9 Å². The minimum atomic E-state index is -4.72. The molecule has 148 valence electrons. The third-order valence-corrected chi connectivity index (χ3v) is 4.73. The van der Waals surface area contributed by atoms with E-state index in [1.807, 2.05) is 22.9 Å². The summed E-state index contributed by atoms with van der Waals surface area (Å²) in [6.07, 6.45) is 4.52.